The van der Waals surface area contributed by atoms with E-state index in [-0.39, 0.29) is 38.7 Å². The van der Waals surface area contributed by atoms with Crippen LogP contribution in [0.2, 0.25) is 5.02 Å². The minimum atomic E-state index is -1.03. The summed E-state index contributed by atoms with van der Waals surface area (Å²) in [6.45, 7) is 2.74. The van der Waals surface area contributed by atoms with Crippen LogP contribution in [0, 0.1) is 6.92 Å². The van der Waals surface area contributed by atoms with E-state index in [1.807, 2.05) is 31.2 Å². The number of para-hydroxylation sites is 1. The number of morpholine rings is 1. The Labute approximate surface area is 180 Å². The van der Waals surface area contributed by atoms with Crippen molar-refractivity contribution in [3.8, 4) is 11.5 Å². The standard InChI is InChI=1S/C22H25ClN2O5/c1-16-4-2-3-5-19(16)28-13-21(27)25-10-11-30-22(14-25,12-20(24)26)15-29-18-8-6-17(23)7-9-18/h2-9H,10-15H2,1H3,(H2,24,26). The van der Waals surface area contributed by atoms with Gasteiger partial charge in [0.2, 0.25) is 5.91 Å². The summed E-state index contributed by atoms with van der Waals surface area (Å²) in [6, 6.07) is 14.4. The van der Waals surface area contributed by atoms with Crippen molar-refractivity contribution in [2.24, 2.45) is 5.73 Å². The van der Waals surface area contributed by atoms with Gasteiger partial charge in [0.05, 0.1) is 19.6 Å². The third-order valence-electron chi connectivity index (χ3n) is 4.86. The quantitative estimate of drug-likeness (QED) is 0.692. The molecular weight excluding hydrogens is 408 g/mol. The van der Waals surface area contributed by atoms with Crippen molar-refractivity contribution in [3.05, 3.63) is 59.1 Å². The third kappa shape index (κ3) is 5.87. The number of hydrogen-bond acceptors (Lipinski definition) is 5. The lowest BCUT2D eigenvalue weighted by Crippen LogP contribution is -2.58. The molecule has 0 radical (unpaired) electrons. The van der Waals surface area contributed by atoms with E-state index in [4.69, 9.17) is 31.5 Å². The first-order valence-corrected chi connectivity index (χ1v) is 10.0. The Morgan fingerprint density at radius 2 is 1.90 bits per heavy atom. The van der Waals surface area contributed by atoms with E-state index in [2.05, 4.69) is 0 Å². The number of amides is 2. The Hall–Kier alpha value is -2.77. The predicted octanol–water partition coefficient (Wildman–Crippen LogP) is 2.58. The molecule has 0 spiro atoms. The number of primary amides is 1. The largest absolute Gasteiger partial charge is 0.490 e. The SMILES string of the molecule is Cc1ccccc1OCC(=O)N1CCOC(COc2ccc(Cl)cc2)(CC(N)=O)C1. The highest BCUT2D eigenvalue weighted by Crippen LogP contribution is 2.25. The van der Waals surface area contributed by atoms with Gasteiger partial charge >= 0.3 is 0 Å². The number of benzene rings is 2. The van der Waals surface area contributed by atoms with Gasteiger partial charge in [-0.15, -0.1) is 0 Å². The van der Waals surface area contributed by atoms with Crippen molar-refractivity contribution in [2.75, 3.05) is 32.9 Å². The molecule has 1 aliphatic heterocycles. The van der Waals surface area contributed by atoms with Crippen LogP contribution in [0.15, 0.2) is 48.5 Å². The van der Waals surface area contributed by atoms with Crippen molar-refractivity contribution in [2.45, 2.75) is 18.9 Å². The van der Waals surface area contributed by atoms with Gasteiger partial charge in [0.25, 0.3) is 5.91 Å². The number of rotatable bonds is 8. The fourth-order valence-corrected chi connectivity index (χ4v) is 3.44. The second kappa shape index (κ2) is 9.82. The average molecular weight is 433 g/mol. The van der Waals surface area contributed by atoms with Crippen LogP contribution >= 0.6 is 11.6 Å². The normalized spacial score (nSPS) is 18.7. The van der Waals surface area contributed by atoms with Gasteiger partial charge in [0.1, 0.15) is 23.7 Å². The molecule has 30 heavy (non-hydrogen) atoms. The van der Waals surface area contributed by atoms with E-state index in [0.717, 1.165) is 5.56 Å². The van der Waals surface area contributed by atoms with Gasteiger partial charge in [-0.3, -0.25) is 9.59 Å². The second-order valence-corrected chi connectivity index (χ2v) is 7.72. The molecule has 1 saturated heterocycles. The predicted molar refractivity (Wildman–Crippen MR) is 113 cm³/mol. The van der Waals surface area contributed by atoms with Gasteiger partial charge in [-0.2, -0.15) is 0 Å². The summed E-state index contributed by atoms with van der Waals surface area (Å²) < 4.78 is 17.4. The third-order valence-corrected chi connectivity index (χ3v) is 5.11. The zero-order valence-corrected chi connectivity index (χ0v) is 17.6. The van der Waals surface area contributed by atoms with E-state index in [9.17, 15) is 9.59 Å². The molecule has 1 unspecified atom stereocenters. The highest BCUT2D eigenvalue weighted by Gasteiger charge is 2.41. The number of ether oxygens (including phenoxy) is 3. The molecule has 2 amide bonds. The highest BCUT2D eigenvalue weighted by molar-refractivity contribution is 6.30. The summed E-state index contributed by atoms with van der Waals surface area (Å²) in [5.41, 5.74) is 5.38. The van der Waals surface area contributed by atoms with E-state index in [1.54, 1.807) is 29.2 Å². The summed E-state index contributed by atoms with van der Waals surface area (Å²) in [7, 11) is 0. The van der Waals surface area contributed by atoms with Gasteiger partial charge in [-0.1, -0.05) is 29.8 Å². The highest BCUT2D eigenvalue weighted by atomic mass is 35.5. The summed E-state index contributed by atoms with van der Waals surface area (Å²) in [4.78, 5) is 26.1. The number of hydrogen-bond donors (Lipinski definition) is 1. The summed E-state index contributed by atoms with van der Waals surface area (Å²) in [6.07, 6.45) is -0.0664. The zero-order chi connectivity index (χ0) is 21.6. The molecule has 0 bridgehead atoms. The Kier molecular flexibility index (Phi) is 7.18. The number of carbonyl (C=O) groups is 2. The number of halogens is 1. The van der Waals surface area contributed by atoms with Gasteiger partial charge in [-0.25, -0.2) is 0 Å². The summed E-state index contributed by atoms with van der Waals surface area (Å²) in [5.74, 6) is 0.522. The van der Waals surface area contributed by atoms with Crippen LogP contribution in [-0.2, 0) is 14.3 Å². The van der Waals surface area contributed by atoms with Crippen molar-refractivity contribution < 1.29 is 23.8 Å². The Balaban J connectivity index is 1.65. The van der Waals surface area contributed by atoms with Gasteiger partial charge < -0.3 is 24.8 Å². The molecule has 1 atom stereocenters. The molecule has 0 aromatic heterocycles. The van der Waals surface area contributed by atoms with Gasteiger partial charge in [0.15, 0.2) is 6.61 Å². The smallest absolute Gasteiger partial charge is 0.260 e. The lowest BCUT2D eigenvalue weighted by atomic mass is 9.97. The number of nitrogens with two attached hydrogens (primary N) is 1. The molecule has 160 valence electrons. The molecule has 2 N–H and O–H groups in total. The summed E-state index contributed by atoms with van der Waals surface area (Å²) >= 11 is 5.90. The van der Waals surface area contributed by atoms with E-state index in [0.29, 0.717) is 23.1 Å². The second-order valence-electron chi connectivity index (χ2n) is 7.29. The molecular formula is C22H25ClN2O5. The van der Waals surface area contributed by atoms with Crippen LogP contribution in [0.3, 0.4) is 0 Å². The molecule has 1 fully saturated rings. The first kappa shape index (κ1) is 21.9. The maximum Gasteiger partial charge on any atom is 0.260 e. The van der Waals surface area contributed by atoms with Crippen molar-refractivity contribution in [3.63, 3.8) is 0 Å². The Morgan fingerprint density at radius 3 is 2.60 bits per heavy atom. The summed E-state index contributed by atoms with van der Waals surface area (Å²) in [5, 5.41) is 0.591. The van der Waals surface area contributed by atoms with E-state index >= 15 is 0 Å². The molecule has 2 aromatic rings. The fourth-order valence-electron chi connectivity index (χ4n) is 3.32. The first-order chi connectivity index (χ1) is 14.4. The zero-order valence-electron chi connectivity index (χ0n) is 16.8. The average Bonchev–Trinajstić information content (AvgIpc) is 2.72. The molecule has 2 aromatic carbocycles. The Bertz CT molecular complexity index is 889. The number of carbonyl (C=O) groups excluding carboxylic acids is 2. The topological polar surface area (TPSA) is 91.1 Å². The molecule has 1 heterocycles. The molecule has 3 rings (SSSR count). The van der Waals surface area contributed by atoms with Crippen molar-refractivity contribution in [1.82, 2.24) is 4.90 Å². The maximum absolute atomic E-state index is 12.7. The molecule has 8 heteroatoms. The lowest BCUT2D eigenvalue weighted by Gasteiger charge is -2.41. The first-order valence-electron chi connectivity index (χ1n) is 9.64. The van der Waals surface area contributed by atoms with Gasteiger partial charge in [0, 0.05) is 11.6 Å². The van der Waals surface area contributed by atoms with Crippen LogP contribution < -0.4 is 15.2 Å². The number of nitrogens with zero attached hydrogens (tertiary/aromatic N) is 1. The van der Waals surface area contributed by atoms with Crippen LogP contribution in [0.25, 0.3) is 0 Å². The molecule has 1 aliphatic rings. The molecule has 0 saturated carbocycles. The lowest BCUT2D eigenvalue weighted by molar-refractivity contribution is -0.163. The van der Waals surface area contributed by atoms with E-state index < -0.39 is 11.5 Å². The van der Waals surface area contributed by atoms with Crippen LogP contribution in [-0.4, -0.2) is 55.2 Å². The number of aryl methyl sites for hydroxylation is 1. The maximum atomic E-state index is 12.7. The van der Waals surface area contributed by atoms with Crippen molar-refractivity contribution in [1.29, 1.82) is 0 Å². The fraction of sp³-hybridized carbons (Fsp3) is 0.364. The van der Waals surface area contributed by atoms with Crippen molar-refractivity contribution >= 4 is 23.4 Å². The van der Waals surface area contributed by atoms with Crippen LogP contribution in [0.4, 0.5) is 0 Å². The van der Waals surface area contributed by atoms with Gasteiger partial charge in [-0.05, 0) is 42.8 Å². The van der Waals surface area contributed by atoms with E-state index in [1.165, 1.54) is 0 Å². The minimum absolute atomic E-state index is 0.0664. The van der Waals surface area contributed by atoms with Crippen LogP contribution in [0.1, 0.15) is 12.0 Å². The monoisotopic (exact) mass is 432 g/mol. The van der Waals surface area contributed by atoms with Crippen LogP contribution in [0.5, 0.6) is 11.5 Å². The molecule has 0 aliphatic carbocycles. The minimum Gasteiger partial charge on any atom is -0.490 e. The molecule has 7 nitrogen and oxygen atoms in total. The Morgan fingerprint density at radius 1 is 1.17 bits per heavy atom.